The van der Waals surface area contributed by atoms with Gasteiger partial charge in [-0.15, -0.1) is 0 Å². The van der Waals surface area contributed by atoms with Crippen molar-refractivity contribution in [2.75, 3.05) is 5.73 Å². The van der Waals surface area contributed by atoms with Gasteiger partial charge in [0.2, 0.25) is 5.06 Å². The van der Waals surface area contributed by atoms with Crippen LogP contribution in [0.2, 0.25) is 0 Å². The van der Waals surface area contributed by atoms with Crippen LogP contribution in [0.25, 0.3) is 0 Å². The predicted molar refractivity (Wildman–Crippen MR) is 57.8 cm³/mol. The minimum absolute atomic E-state index is 0.444. The van der Waals surface area contributed by atoms with E-state index in [4.69, 9.17) is 15.7 Å². The number of ether oxygens (including phenoxy) is 1. The first-order valence-corrected chi connectivity index (χ1v) is 4.99. The summed E-state index contributed by atoms with van der Waals surface area (Å²) in [6.07, 6.45) is 1.54. The molecule has 0 atom stereocenters. The van der Waals surface area contributed by atoms with Crippen LogP contribution in [-0.4, -0.2) is 4.98 Å². The van der Waals surface area contributed by atoms with Gasteiger partial charge in [-0.2, -0.15) is 5.26 Å². The Bertz CT molecular complexity index is 515. The van der Waals surface area contributed by atoms with Gasteiger partial charge in [0, 0.05) is 0 Å². The van der Waals surface area contributed by atoms with E-state index in [1.165, 1.54) is 17.5 Å². The molecule has 1 heterocycles. The highest BCUT2D eigenvalue weighted by Gasteiger charge is 2.05. The molecule has 0 fully saturated rings. The molecule has 0 amide bonds. The number of hydrogen-bond donors (Lipinski definition) is 1. The Morgan fingerprint density at radius 3 is 2.87 bits per heavy atom. The van der Waals surface area contributed by atoms with Crippen LogP contribution in [0.3, 0.4) is 0 Å². The standard InChI is InChI=1S/C10H7N3OS/c11-5-7-3-1-2-4-8(7)14-9-6-13-10(12)15-9/h1-4,6H,(H2,12,13). The molecule has 4 nitrogen and oxygen atoms in total. The Kier molecular flexibility index (Phi) is 2.52. The topological polar surface area (TPSA) is 71.9 Å². The quantitative estimate of drug-likeness (QED) is 0.838. The van der Waals surface area contributed by atoms with Crippen molar-refractivity contribution in [1.82, 2.24) is 4.98 Å². The van der Waals surface area contributed by atoms with Gasteiger partial charge in [-0.05, 0) is 12.1 Å². The number of nitriles is 1. The van der Waals surface area contributed by atoms with Gasteiger partial charge in [0.05, 0.1) is 11.8 Å². The van der Waals surface area contributed by atoms with Crippen molar-refractivity contribution in [3.05, 3.63) is 36.0 Å². The summed E-state index contributed by atoms with van der Waals surface area (Å²) >= 11 is 1.24. The van der Waals surface area contributed by atoms with Gasteiger partial charge in [0.1, 0.15) is 11.8 Å². The average molecular weight is 217 g/mol. The van der Waals surface area contributed by atoms with E-state index >= 15 is 0 Å². The zero-order valence-electron chi connectivity index (χ0n) is 7.68. The second kappa shape index (κ2) is 3.98. The summed E-state index contributed by atoms with van der Waals surface area (Å²) in [5.41, 5.74) is 5.96. The predicted octanol–water partition coefficient (Wildman–Crippen LogP) is 2.39. The normalized spacial score (nSPS) is 9.53. The molecule has 0 aliphatic carbocycles. The van der Waals surface area contributed by atoms with E-state index in [1.807, 2.05) is 0 Å². The van der Waals surface area contributed by atoms with Crippen LogP contribution in [0, 0.1) is 11.3 Å². The number of thiazole rings is 1. The zero-order valence-corrected chi connectivity index (χ0v) is 8.49. The molecular formula is C10H7N3OS. The van der Waals surface area contributed by atoms with Gasteiger partial charge in [0.25, 0.3) is 0 Å². The van der Waals surface area contributed by atoms with Crippen molar-refractivity contribution in [3.63, 3.8) is 0 Å². The fraction of sp³-hybridized carbons (Fsp3) is 0. The van der Waals surface area contributed by atoms with Crippen LogP contribution < -0.4 is 10.5 Å². The van der Waals surface area contributed by atoms with Gasteiger partial charge in [-0.1, -0.05) is 23.5 Å². The molecule has 74 valence electrons. The number of hydrogen-bond acceptors (Lipinski definition) is 5. The lowest BCUT2D eigenvalue weighted by molar-refractivity contribution is 0.493. The van der Waals surface area contributed by atoms with E-state index in [-0.39, 0.29) is 0 Å². The Labute approximate surface area is 90.6 Å². The molecule has 0 aliphatic rings. The van der Waals surface area contributed by atoms with Crippen molar-refractivity contribution in [2.45, 2.75) is 0 Å². The highest BCUT2D eigenvalue weighted by molar-refractivity contribution is 7.17. The lowest BCUT2D eigenvalue weighted by atomic mass is 10.2. The number of aromatic nitrogens is 1. The monoisotopic (exact) mass is 217 g/mol. The molecule has 0 spiro atoms. The highest BCUT2D eigenvalue weighted by Crippen LogP contribution is 2.30. The maximum atomic E-state index is 8.83. The summed E-state index contributed by atoms with van der Waals surface area (Å²) in [5.74, 6) is 0.517. The summed E-state index contributed by atoms with van der Waals surface area (Å²) in [6, 6.07) is 9.07. The van der Waals surface area contributed by atoms with Crippen molar-refractivity contribution >= 4 is 16.5 Å². The van der Waals surface area contributed by atoms with Crippen LogP contribution in [-0.2, 0) is 0 Å². The third-order valence-electron chi connectivity index (χ3n) is 1.72. The molecule has 0 saturated carbocycles. The Hall–Kier alpha value is -2.06. The molecule has 0 aliphatic heterocycles. The molecule has 1 aromatic heterocycles. The summed E-state index contributed by atoms with van der Waals surface area (Å²) in [4.78, 5) is 3.86. The molecule has 0 bridgehead atoms. The van der Waals surface area contributed by atoms with E-state index < -0.39 is 0 Å². The molecule has 1 aromatic carbocycles. The Morgan fingerprint density at radius 2 is 2.20 bits per heavy atom. The lowest BCUT2D eigenvalue weighted by Gasteiger charge is -2.02. The first kappa shape index (κ1) is 9.49. The number of nitrogens with two attached hydrogens (primary N) is 1. The molecule has 2 aromatic rings. The van der Waals surface area contributed by atoms with E-state index in [1.54, 1.807) is 24.3 Å². The molecular weight excluding hydrogens is 210 g/mol. The van der Waals surface area contributed by atoms with Crippen LogP contribution in [0.1, 0.15) is 5.56 Å². The number of para-hydroxylation sites is 1. The summed E-state index contributed by atoms with van der Waals surface area (Å²) in [6.45, 7) is 0. The van der Waals surface area contributed by atoms with Crippen molar-refractivity contribution in [3.8, 4) is 16.9 Å². The largest absolute Gasteiger partial charge is 0.444 e. The molecule has 0 unspecified atom stereocenters. The van der Waals surface area contributed by atoms with Crippen LogP contribution in [0.4, 0.5) is 5.13 Å². The maximum absolute atomic E-state index is 8.83. The average Bonchev–Trinajstić information content (AvgIpc) is 2.65. The first-order valence-electron chi connectivity index (χ1n) is 4.18. The summed E-state index contributed by atoms with van der Waals surface area (Å²) < 4.78 is 5.47. The SMILES string of the molecule is N#Cc1ccccc1Oc1cnc(N)s1. The van der Waals surface area contributed by atoms with Crippen LogP contribution >= 0.6 is 11.3 Å². The van der Waals surface area contributed by atoms with Crippen LogP contribution in [0.5, 0.6) is 10.8 Å². The molecule has 0 saturated heterocycles. The second-order valence-electron chi connectivity index (χ2n) is 2.73. The fourth-order valence-corrected chi connectivity index (χ4v) is 1.62. The van der Waals surface area contributed by atoms with Gasteiger partial charge < -0.3 is 10.5 Å². The molecule has 15 heavy (non-hydrogen) atoms. The molecule has 5 heteroatoms. The van der Waals surface area contributed by atoms with Crippen molar-refractivity contribution in [2.24, 2.45) is 0 Å². The highest BCUT2D eigenvalue weighted by atomic mass is 32.1. The zero-order chi connectivity index (χ0) is 10.7. The molecule has 0 radical (unpaired) electrons. The van der Waals surface area contributed by atoms with Crippen molar-refractivity contribution in [1.29, 1.82) is 5.26 Å². The van der Waals surface area contributed by atoms with Crippen molar-refractivity contribution < 1.29 is 4.74 Å². The maximum Gasteiger partial charge on any atom is 0.202 e. The number of nitrogens with zero attached hydrogens (tertiary/aromatic N) is 2. The van der Waals surface area contributed by atoms with E-state index in [0.29, 0.717) is 21.5 Å². The summed E-state index contributed by atoms with van der Waals surface area (Å²) in [5, 5.41) is 9.86. The Balaban J connectivity index is 2.28. The van der Waals surface area contributed by atoms with Gasteiger partial charge in [-0.25, -0.2) is 4.98 Å². The second-order valence-corrected chi connectivity index (χ2v) is 3.75. The minimum Gasteiger partial charge on any atom is -0.444 e. The third kappa shape index (κ3) is 2.06. The smallest absolute Gasteiger partial charge is 0.202 e. The number of nitrogen functional groups attached to an aromatic ring is 1. The van der Waals surface area contributed by atoms with Gasteiger partial charge >= 0.3 is 0 Å². The Morgan fingerprint density at radius 1 is 1.40 bits per heavy atom. The minimum atomic E-state index is 0.444. The van der Waals surface area contributed by atoms with E-state index in [2.05, 4.69) is 11.1 Å². The third-order valence-corrected chi connectivity index (χ3v) is 2.42. The number of benzene rings is 1. The molecule has 2 rings (SSSR count). The van der Waals surface area contributed by atoms with Crippen LogP contribution in [0.15, 0.2) is 30.5 Å². The number of rotatable bonds is 2. The summed E-state index contributed by atoms with van der Waals surface area (Å²) in [7, 11) is 0. The number of anilines is 1. The molecule has 2 N–H and O–H groups in total. The fourth-order valence-electron chi connectivity index (χ4n) is 1.08. The van der Waals surface area contributed by atoms with E-state index in [9.17, 15) is 0 Å². The first-order chi connectivity index (χ1) is 7.29. The van der Waals surface area contributed by atoms with Gasteiger partial charge in [0.15, 0.2) is 5.13 Å². The van der Waals surface area contributed by atoms with E-state index in [0.717, 1.165) is 0 Å². The van der Waals surface area contributed by atoms with Gasteiger partial charge in [-0.3, -0.25) is 0 Å². The lowest BCUT2D eigenvalue weighted by Crippen LogP contribution is -1.84.